The smallest absolute Gasteiger partial charge is 0.404 e. The summed E-state index contributed by atoms with van der Waals surface area (Å²) in [6.07, 6.45) is 1.04. The normalized spacial score (nSPS) is 23.7. The van der Waals surface area contributed by atoms with Crippen LogP contribution < -0.4 is 16.0 Å². The maximum absolute atomic E-state index is 13.6. The molecule has 0 aromatic carbocycles. The first-order valence-corrected chi connectivity index (χ1v) is 5.64. The SMILES string of the molecule is Nc1cnccc1N1CC(F)CC(NC(=O)O)C1. The number of nitrogens with one attached hydrogen (secondary N) is 1. The Hall–Kier alpha value is -2.05. The maximum atomic E-state index is 13.6. The molecular weight excluding hydrogens is 239 g/mol. The molecule has 0 spiro atoms. The van der Waals surface area contributed by atoms with Crippen LogP contribution in [0.4, 0.5) is 20.6 Å². The number of hydrogen-bond acceptors (Lipinski definition) is 4. The average molecular weight is 254 g/mol. The average Bonchev–Trinajstić information content (AvgIpc) is 2.27. The van der Waals surface area contributed by atoms with E-state index in [0.717, 1.165) is 0 Å². The lowest BCUT2D eigenvalue weighted by Gasteiger charge is -2.36. The second-order valence-electron chi connectivity index (χ2n) is 4.32. The first-order chi connectivity index (χ1) is 8.56. The molecule has 0 bridgehead atoms. The Labute approximate surface area is 104 Å². The Morgan fingerprint density at radius 3 is 3.06 bits per heavy atom. The maximum Gasteiger partial charge on any atom is 0.404 e. The summed E-state index contributed by atoms with van der Waals surface area (Å²) in [7, 11) is 0. The molecule has 6 nitrogen and oxygen atoms in total. The van der Waals surface area contributed by atoms with E-state index in [1.54, 1.807) is 17.2 Å². The van der Waals surface area contributed by atoms with Crippen molar-refractivity contribution in [2.24, 2.45) is 0 Å². The van der Waals surface area contributed by atoms with Gasteiger partial charge in [0.1, 0.15) is 6.17 Å². The Balaban J connectivity index is 2.13. The number of pyridine rings is 1. The first kappa shape index (κ1) is 12.4. The molecule has 1 amide bonds. The summed E-state index contributed by atoms with van der Waals surface area (Å²) >= 11 is 0. The quantitative estimate of drug-likeness (QED) is 0.727. The lowest BCUT2D eigenvalue weighted by molar-refractivity contribution is 0.181. The zero-order valence-electron chi connectivity index (χ0n) is 9.71. The fourth-order valence-corrected chi connectivity index (χ4v) is 2.20. The van der Waals surface area contributed by atoms with Gasteiger partial charge in [0.05, 0.1) is 23.6 Å². The van der Waals surface area contributed by atoms with Crippen molar-refractivity contribution in [3.05, 3.63) is 18.5 Å². The van der Waals surface area contributed by atoms with E-state index < -0.39 is 18.3 Å². The van der Waals surface area contributed by atoms with Gasteiger partial charge in [0, 0.05) is 25.7 Å². The van der Waals surface area contributed by atoms with Crippen molar-refractivity contribution >= 4 is 17.5 Å². The molecule has 2 unspecified atom stereocenters. The van der Waals surface area contributed by atoms with Gasteiger partial charge in [-0.25, -0.2) is 9.18 Å². The lowest BCUT2D eigenvalue weighted by Crippen LogP contribution is -2.51. The molecule has 2 rings (SSSR count). The highest BCUT2D eigenvalue weighted by Gasteiger charge is 2.29. The minimum Gasteiger partial charge on any atom is -0.465 e. The molecule has 0 saturated carbocycles. The number of nitrogens with two attached hydrogens (primary N) is 1. The van der Waals surface area contributed by atoms with Crippen molar-refractivity contribution in [1.29, 1.82) is 0 Å². The van der Waals surface area contributed by atoms with Gasteiger partial charge in [0.25, 0.3) is 0 Å². The number of nitrogens with zero attached hydrogens (tertiary/aromatic N) is 2. The van der Waals surface area contributed by atoms with E-state index in [1.807, 2.05) is 0 Å². The van der Waals surface area contributed by atoms with Crippen molar-refractivity contribution in [2.45, 2.75) is 18.6 Å². The fourth-order valence-electron chi connectivity index (χ4n) is 2.20. The largest absolute Gasteiger partial charge is 0.465 e. The Morgan fingerprint density at radius 1 is 1.61 bits per heavy atom. The van der Waals surface area contributed by atoms with Crippen molar-refractivity contribution in [3.8, 4) is 0 Å². The van der Waals surface area contributed by atoms with Crippen LogP contribution in [0.2, 0.25) is 0 Å². The van der Waals surface area contributed by atoms with E-state index in [0.29, 0.717) is 17.9 Å². The predicted molar refractivity (Wildman–Crippen MR) is 65.3 cm³/mol. The number of aromatic nitrogens is 1. The third-order valence-electron chi connectivity index (χ3n) is 2.90. The molecule has 4 N–H and O–H groups in total. The summed E-state index contributed by atoms with van der Waals surface area (Å²) in [5.41, 5.74) is 6.92. The lowest BCUT2D eigenvalue weighted by atomic mass is 10.0. The second kappa shape index (κ2) is 5.07. The third kappa shape index (κ3) is 2.79. The summed E-state index contributed by atoms with van der Waals surface area (Å²) in [5, 5.41) is 11.0. The predicted octanol–water partition coefficient (Wildman–Crippen LogP) is 0.848. The van der Waals surface area contributed by atoms with Crippen LogP contribution in [0.25, 0.3) is 0 Å². The van der Waals surface area contributed by atoms with Crippen molar-refractivity contribution < 1.29 is 14.3 Å². The zero-order valence-corrected chi connectivity index (χ0v) is 9.71. The van der Waals surface area contributed by atoms with E-state index in [2.05, 4.69) is 10.3 Å². The number of carbonyl (C=O) groups is 1. The summed E-state index contributed by atoms with van der Waals surface area (Å²) in [5.74, 6) is 0. The van der Waals surface area contributed by atoms with Crippen molar-refractivity contribution in [3.63, 3.8) is 0 Å². The van der Waals surface area contributed by atoms with Gasteiger partial charge in [-0.3, -0.25) is 4.98 Å². The topological polar surface area (TPSA) is 91.5 Å². The van der Waals surface area contributed by atoms with E-state index in [4.69, 9.17) is 10.8 Å². The van der Waals surface area contributed by atoms with Crippen LogP contribution in [0.15, 0.2) is 18.5 Å². The van der Waals surface area contributed by atoms with Crippen molar-refractivity contribution in [2.75, 3.05) is 23.7 Å². The Bertz CT molecular complexity index is 443. The summed E-state index contributed by atoms with van der Waals surface area (Å²) in [4.78, 5) is 16.2. The monoisotopic (exact) mass is 254 g/mol. The molecule has 0 aliphatic carbocycles. The van der Waals surface area contributed by atoms with Gasteiger partial charge in [-0.05, 0) is 6.07 Å². The van der Waals surface area contributed by atoms with Gasteiger partial charge >= 0.3 is 6.09 Å². The number of nitrogen functional groups attached to an aromatic ring is 1. The molecular formula is C11H15FN4O2. The van der Waals surface area contributed by atoms with Gasteiger partial charge in [0.15, 0.2) is 0 Å². The number of piperidine rings is 1. The number of carboxylic acid groups (broad SMARTS) is 1. The van der Waals surface area contributed by atoms with Gasteiger partial charge in [-0.15, -0.1) is 0 Å². The number of rotatable bonds is 2. The molecule has 1 aromatic heterocycles. The molecule has 1 aliphatic rings. The number of halogens is 1. The molecule has 1 saturated heterocycles. The minimum absolute atomic E-state index is 0.188. The van der Waals surface area contributed by atoms with Gasteiger partial charge < -0.3 is 21.1 Å². The van der Waals surface area contributed by atoms with Crippen LogP contribution in [0.5, 0.6) is 0 Å². The zero-order chi connectivity index (χ0) is 13.1. The summed E-state index contributed by atoms with van der Waals surface area (Å²) in [6, 6.07) is 1.27. The van der Waals surface area contributed by atoms with Crippen LogP contribution >= 0.6 is 0 Å². The number of anilines is 2. The Morgan fingerprint density at radius 2 is 2.39 bits per heavy atom. The molecule has 1 aliphatic heterocycles. The van der Waals surface area contributed by atoms with Crippen molar-refractivity contribution in [1.82, 2.24) is 10.3 Å². The van der Waals surface area contributed by atoms with Crippen LogP contribution in [-0.4, -0.2) is 41.5 Å². The molecule has 18 heavy (non-hydrogen) atoms. The molecule has 0 radical (unpaired) electrons. The highest BCUT2D eigenvalue weighted by molar-refractivity contribution is 5.67. The number of hydrogen-bond donors (Lipinski definition) is 3. The fraction of sp³-hybridized carbons (Fsp3) is 0.455. The first-order valence-electron chi connectivity index (χ1n) is 5.64. The highest BCUT2D eigenvalue weighted by atomic mass is 19.1. The molecule has 1 aromatic rings. The second-order valence-corrected chi connectivity index (χ2v) is 4.32. The van der Waals surface area contributed by atoms with Gasteiger partial charge in [-0.2, -0.15) is 0 Å². The Kier molecular flexibility index (Phi) is 3.50. The minimum atomic E-state index is -1.14. The van der Waals surface area contributed by atoms with E-state index in [1.165, 1.54) is 6.20 Å². The standard InChI is InChI=1S/C11H15FN4O2/c12-7-3-8(15-11(17)18)6-16(5-7)10-1-2-14-4-9(10)13/h1-2,4,7-8,15H,3,5-6,13H2,(H,17,18). The van der Waals surface area contributed by atoms with E-state index in [9.17, 15) is 9.18 Å². The van der Waals surface area contributed by atoms with E-state index >= 15 is 0 Å². The highest BCUT2D eigenvalue weighted by Crippen LogP contribution is 2.26. The summed E-state index contributed by atoms with van der Waals surface area (Å²) < 4.78 is 13.6. The number of amides is 1. The third-order valence-corrected chi connectivity index (χ3v) is 2.90. The molecule has 98 valence electrons. The molecule has 2 atom stereocenters. The number of alkyl halides is 1. The molecule has 1 fully saturated rings. The van der Waals surface area contributed by atoms with Gasteiger partial charge in [0.2, 0.25) is 0 Å². The summed E-state index contributed by atoms with van der Waals surface area (Å²) in [6.45, 7) is 0.618. The molecule has 7 heteroatoms. The molecule has 2 heterocycles. The van der Waals surface area contributed by atoms with Gasteiger partial charge in [-0.1, -0.05) is 0 Å². The van der Waals surface area contributed by atoms with Crippen LogP contribution in [0, 0.1) is 0 Å². The van der Waals surface area contributed by atoms with Crippen LogP contribution in [0.3, 0.4) is 0 Å². The van der Waals surface area contributed by atoms with E-state index in [-0.39, 0.29) is 13.0 Å². The van der Waals surface area contributed by atoms with Crippen LogP contribution in [0.1, 0.15) is 6.42 Å². The van der Waals surface area contributed by atoms with Crippen LogP contribution in [-0.2, 0) is 0 Å².